The molecule has 5 N–H and O–H groups in total. The van der Waals surface area contributed by atoms with Gasteiger partial charge in [-0.15, -0.1) is 12.6 Å². The lowest BCUT2D eigenvalue weighted by molar-refractivity contribution is -0.119. The molecule has 0 spiro atoms. The van der Waals surface area contributed by atoms with E-state index in [0.29, 0.717) is 39.9 Å². The number of amides is 1. The van der Waals surface area contributed by atoms with Gasteiger partial charge in [0.05, 0.1) is 24.7 Å². The van der Waals surface area contributed by atoms with Crippen molar-refractivity contribution >= 4 is 29.9 Å². The van der Waals surface area contributed by atoms with E-state index in [-0.39, 0.29) is 12.4 Å². The molecule has 1 heterocycles. The molecule has 0 aliphatic rings. The first kappa shape index (κ1) is 25.8. The first-order valence-corrected chi connectivity index (χ1v) is 11.9. The Morgan fingerprint density at radius 1 is 1.05 bits per heavy atom. The van der Waals surface area contributed by atoms with Crippen LogP contribution in [0.4, 0.5) is 15.8 Å². The molecule has 0 saturated heterocycles. The topological polar surface area (TPSA) is 112 Å². The van der Waals surface area contributed by atoms with E-state index in [0.717, 1.165) is 27.9 Å². The molecule has 0 aliphatic carbocycles. The molecule has 3 aromatic carbocycles. The van der Waals surface area contributed by atoms with E-state index < -0.39 is 5.91 Å². The lowest BCUT2D eigenvalue weighted by Gasteiger charge is -2.15. The molecule has 0 saturated carbocycles. The molecule has 0 atom stereocenters. The number of methoxy groups -OCH3 is 1. The van der Waals surface area contributed by atoms with Crippen LogP contribution in [-0.4, -0.2) is 24.6 Å². The van der Waals surface area contributed by atoms with Gasteiger partial charge in [0, 0.05) is 28.3 Å². The van der Waals surface area contributed by atoms with Crippen molar-refractivity contribution in [3.63, 3.8) is 0 Å². The van der Waals surface area contributed by atoms with Gasteiger partial charge in [0.25, 0.3) is 5.91 Å². The van der Waals surface area contributed by atoms with E-state index in [4.69, 9.17) is 25.9 Å². The molecule has 9 heteroatoms. The number of nitrogen functional groups attached to an aromatic ring is 1. The number of nitrogens with zero attached hydrogens (tertiary/aromatic N) is 1. The largest absolute Gasteiger partial charge is 0.493 e. The van der Waals surface area contributed by atoms with Gasteiger partial charge in [-0.2, -0.15) is 0 Å². The monoisotopic (exact) mass is 518 g/mol. The van der Waals surface area contributed by atoms with Crippen LogP contribution in [0.5, 0.6) is 11.5 Å². The average molecular weight is 519 g/mol. The van der Waals surface area contributed by atoms with Crippen LogP contribution in [0.2, 0.25) is 0 Å². The number of nitrogens with one attached hydrogen (secondary N) is 1. The third-order valence-electron chi connectivity index (χ3n) is 5.76. The SMILES string of the molecule is COc1ccc(CNc2cnc(-c3ccc(F)c(C)c3)c(-c3ccc(N)c(S)c3)c2)cc1OCC(N)=O. The number of hydrogen-bond acceptors (Lipinski definition) is 7. The smallest absolute Gasteiger partial charge is 0.255 e. The van der Waals surface area contributed by atoms with Crippen molar-refractivity contribution in [3.05, 3.63) is 83.8 Å². The van der Waals surface area contributed by atoms with Crippen LogP contribution in [-0.2, 0) is 11.3 Å². The summed E-state index contributed by atoms with van der Waals surface area (Å²) < 4.78 is 24.7. The highest BCUT2D eigenvalue weighted by molar-refractivity contribution is 7.80. The van der Waals surface area contributed by atoms with Gasteiger partial charge >= 0.3 is 0 Å². The summed E-state index contributed by atoms with van der Waals surface area (Å²) in [6.45, 7) is 1.92. The van der Waals surface area contributed by atoms with E-state index in [9.17, 15) is 9.18 Å². The van der Waals surface area contributed by atoms with Crippen LogP contribution in [0, 0.1) is 12.7 Å². The van der Waals surface area contributed by atoms with Gasteiger partial charge in [-0.1, -0.05) is 12.1 Å². The number of ether oxygens (including phenoxy) is 2. The number of anilines is 2. The van der Waals surface area contributed by atoms with Crippen molar-refractivity contribution < 1.29 is 18.7 Å². The molecule has 7 nitrogen and oxygen atoms in total. The lowest BCUT2D eigenvalue weighted by atomic mass is 9.97. The number of pyridine rings is 1. The Bertz CT molecular complexity index is 1460. The zero-order valence-corrected chi connectivity index (χ0v) is 21.3. The highest BCUT2D eigenvalue weighted by atomic mass is 32.1. The molecule has 37 heavy (non-hydrogen) atoms. The number of primary amides is 1. The van der Waals surface area contributed by atoms with E-state index in [2.05, 4.69) is 17.9 Å². The number of aromatic nitrogens is 1. The Labute approximate surface area is 220 Å². The van der Waals surface area contributed by atoms with E-state index in [1.165, 1.54) is 13.2 Å². The van der Waals surface area contributed by atoms with Crippen molar-refractivity contribution in [1.29, 1.82) is 0 Å². The maximum absolute atomic E-state index is 13.9. The summed E-state index contributed by atoms with van der Waals surface area (Å²) >= 11 is 4.48. The normalized spacial score (nSPS) is 10.7. The molecule has 0 fully saturated rings. The molecule has 190 valence electrons. The minimum atomic E-state index is -0.576. The summed E-state index contributed by atoms with van der Waals surface area (Å²) in [5, 5.41) is 3.37. The molecule has 0 aliphatic heterocycles. The Balaban J connectivity index is 1.66. The zero-order valence-electron chi connectivity index (χ0n) is 20.4. The minimum absolute atomic E-state index is 0.250. The number of benzene rings is 3. The molecule has 4 rings (SSSR count). The van der Waals surface area contributed by atoms with Crippen LogP contribution < -0.4 is 26.3 Å². The van der Waals surface area contributed by atoms with Crippen LogP contribution in [0.3, 0.4) is 0 Å². The summed E-state index contributed by atoms with van der Waals surface area (Å²) in [5.41, 5.74) is 17.2. The summed E-state index contributed by atoms with van der Waals surface area (Å²) in [7, 11) is 1.52. The van der Waals surface area contributed by atoms with Crippen molar-refractivity contribution in [1.82, 2.24) is 4.98 Å². The zero-order chi connectivity index (χ0) is 26.5. The molecule has 0 radical (unpaired) electrons. The van der Waals surface area contributed by atoms with Crippen molar-refractivity contribution in [2.45, 2.75) is 18.4 Å². The third-order valence-corrected chi connectivity index (χ3v) is 6.14. The standard InChI is InChI=1S/C28H27FN4O3S/c1-16-9-19(4-6-22(16)29)28-21(18-5-7-23(30)26(37)11-18)12-20(14-33-28)32-13-17-3-8-24(35-2)25(10-17)36-15-27(31)34/h3-12,14,32,37H,13,15,30H2,1-2H3,(H2,31,34). The number of hydrogen-bond donors (Lipinski definition) is 4. The van der Waals surface area contributed by atoms with E-state index in [1.807, 2.05) is 24.3 Å². The number of carbonyl (C=O) groups excluding carboxylic acids is 1. The number of aryl methyl sites for hydroxylation is 1. The van der Waals surface area contributed by atoms with Crippen LogP contribution >= 0.6 is 12.6 Å². The highest BCUT2D eigenvalue weighted by Gasteiger charge is 2.14. The van der Waals surface area contributed by atoms with Crippen LogP contribution in [0.15, 0.2) is 71.8 Å². The van der Waals surface area contributed by atoms with Crippen LogP contribution in [0.1, 0.15) is 11.1 Å². The summed E-state index contributed by atoms with van der Waals surface area (Å²) in [4.78, 5) is 16.5. The number of carbonyl (C=O) groups is 1. The van der Waals surface area contributed by atoms with Crippen molar-refractivity contribution in [2.24, 2.45) is 5.73 Å². The fourth-order valence-electron chi connectivity index (χ4n) is 3.81. The highest BCUT2D eigenvalue weighted by Crippen LogP contribution is 2.35. The van der Waals surface area contributed by atoms with Crippen LogP contribution in [0.25, 0.3) is 22.4 Å². The fourth-order valence-corrected chi connectivity index (χ4v) is 4.03. The number of rotatable bonds is 9. The molecule has 1 amide bonds. The number of nitrogens with two attached hydrogens (primary N) is 2. The predicted octanol–water partition coefficient (Wildman–Crippen LogP) is 5.22. The second-order valence-corrected chi connectivity index (χ2v) is 8.93. The first-order chi connectivity index (χ1) is 17.7. The molecule has 4 aromatic rings. The average Bonchev–Trinajstić information content (AvgIpc) is 2.89. The van der Waals surface area contributed by atoms with Crippen molar-refractivity contribution in [3.8, 4) is 33.9 Å². The minimum Gasteiger partial charge on any atom is -0.493 e. The van der Waals surface area contributed by atoms with Gasteiger partial charge in [0.2, 0.25) is 0 Å². The van der Waals surface area contributed by atoms with Gasteiger partial charge in [0.1, 0.15) is 5.82 Å². The van der Waals surface area contributed by atoms with Crippen molar-refractivity contribution in [2.75, 3.05) is 24.8 Å². The maximum atomic E-state index is 13.9. The second kappa shape index (κ2) is 11.2. The second-order valence-electron chi connectivity index (χ2n) is 8.45. The molecular weight excluding hydrogens is 491 g/mol. The predicted molar refractivity (Wildman–Crippen MR) is 146 cm³/mol. The fraction of sp³-hybridized carbons (Fsp3) is 0.143. The Morgan fingerprint density at radius 2 is 1.84 bits per heavy atom. The summed E-state index contributed by atoms with van der Waals surface area (Å²) in [6, 6.07) is 17.9. The molecular formula is C28H27FN4O3S. The Kier molecular flexibility index (Phi) is 7.83. The number of thiol groups is 1. The molecule has 0 unspecified atom stereocenters. The van der Waals surface area contributed by atoms with Gasteiger partial charge in [-0.25, -0.2) is 4.39 Å². The molecule has 1 aromatic heterocycles. The summed E-state index contributed by atoms with van der Waals surface area (Å²) in [6.07, 6.45) is 1.73. The van der Waals surface area contributed by atoms with E-state index >= 15 is 0 Å². The first-order valence-electron chi connectivity index (χ1n) is 11.4. The summed E-state index contributed by atoms with van der Waals surface area (Å²) in [5.74, 6) is 0.0727. The maximum Gasteiger partial charge on any atom is 0.255 e. The van der Waals surface area contributed by atoms with Gasteiger partial charge in [0.15, 0.2) is 18.1 Å². The Hall–Kier alpha value is -4.24. The number of halogens is 1. The van der Waals surface area contributed by atoms with E-state index in [1.54, 1.807) is 43.5 Å². The van der Waals surface area contributed by atoms with Gasteiger partial charge < -0.3 is 26.3 Å². The Morgan fingerprint density at radius 3 is 2.54 bits per heavy atom. The lowest BCUT2D eigenvalue weighted by Crippen LogP contribution is -2.20. The molecule has 0 bridgehead atoms. The van der Waals surface area contributed by atoms with Gasteiger partial charge in [-0.05, 0) is 72.1 Å². The van der Waals surface area contributed by atoms with Gasteiger partial charge in [-0.3, -0.25) is 9.78 Å². The quantitative estimate of drug-likeness (QED) is 0.179. The third kappa shape index (κ3) is 6.13.